The standard InChI is InChI=1S/C23H18FN3O2S/c24-18-8-4-7-16(13-18)9-10-21(28)27(14-17-5-2-1-3-6-17)15-20-25-19-11-12-30-22(19)23(29)26-20/h1-13H,14-15H2,(H,25,26,29)/b10-9+. The van der Waals surface area contributed by atoms with Gasteiger partial charge in [0.1, 0.15) is 16.3 Å². The van der Waals surface area contributed by atoms with E-state index in [1.165, 1.54) is 29.5 Å². The normalized spacial score (nSPS) is 11.2. The maximum absolute atomic E-state index is 13.4. The zero-order valence-electron chi connectivity index (χ0n) is 15.9. The summed E-state index contributed by atoms with van der Waals surface area (Å²) >= 11 is 1.33. The average molecular weight is 419 g/mol. The smallest absolute Gasteiger partial charge is 0.268 e. The zero-order valence-corrected chi connectivity index (χ0v) is 16.7. The Bertz CT molecular complexity index is 1260. The van der Waals surface area contributed by atoms with Crippen molar-refractivity contribution in [3.05, 3.63) is 105 Å². The van der Waals surface area contributed by atoms with Crippen LogP contribution < -0.4 is 5.56 Å². The molecule has 0 fully saturated rings. The molecular weight excluding hydrogens is 401 g/mol. The van der Waals surface area contributed by atoms with E-state index < -0.39 is 0 Å². The second-order valence-electron chi connectivity index (χ2n) is 6.72. The van der Waals surface area contributed by atoms with Crippen molar-refractivity contribution in [2.45, 2.75) is 13.1 Å². The number of benzene rings is 2. The van der Waals surface area contributed by atoms with E-state index in [4.69, 9.17) is 0 Å². The number of H-pyrrole nitrogens is 1. The summed E-state index contributed by atoms with van der Waals surface area (Å²) in [6.45, 7) is 0.487. The maximum atomic E-state index is 13.4. The largest absolute Gasteiger partial charge is 0.327 e. The third-order valence-electron chi connectivity index (χ3n) is 4.50. The van der Waals surface area contributed by atoms with Gasteiger partial charge in [-0.3, -0.25) is 9.59 Å². The Kier molecular flexibility index (Phi) is 5.81. The number of nitrogens with one attached hydrogen (secondary N) is 1. The fourth-order valence-corrected chi connectivity index (χ4v) is 3.80. The highest BCUT2D eigenvalue weighted by molar-refractivity contribution is 7.17. The van der Waals surface area contributed by atoms with Crippen molar-refractivity contribution in [1.82, 2.24) is 14.9 Å². The first-order chi connectivity index (χ1) is 14.6. The fourth-order valence-electron chi connectivity index (χ4n) is 3.08. The lowest BCUT2D eigenvalue weighted by atomic mass is 10.2. The summed E-state index contributed by atoms with van der Waals surface area (Å²) in [6, 6.07) is 17.4. The SMILES string of the molecule is O=C(/C=C/c1cccc(F)c1)N(Cc1ccccc1)Cc1nc2ccsc2c(=O)[nH]1. The van der Waals surface area contributed by atoms with Gasteiger partial charge in [0.2, 0.25) is 5.91 Å². The number of halogens is 1. The molecule has 1 amide bonds. The molecule has 5 nitrogen and oxygen atoms in total. The Labute approximate surface area is 176 Å². The molecular formula is C23H18FN3O2S. The molecule has 0 unspecified atom stereocenters. The van der Waals surface area contributed by atoms with Crippen molar-refractivity contribution < 1.29 is 9.18 Å². The number of aromatic amines is 1. The van der Waals surface area contributed by atoms with Crippen molar-refractivity contribution in [2.24, 2.45) is 0 Å². The third kappa shape index (κ3) is 4.69. The summed E-state index contributed by atoms with van der Waals surface area (Å²) in [7, 11) is 0. The quantitative estimate of drug-likeness (QED) is 0.472. The molecule has 2 aromatic heterocycles. The highest BCUT2D eigenvalue weighted by atomic mass is 32.1. The van der Waals surface area contributed by atoms with Gasteiger partial charge in [0.05, 0.1) is 12.1 Å². The molecule has 0 saturated heterocycles. The number of nitrogens with zero attached hydrogens (tertiary/aromatic N) is 2. The number of carbonyl (C=O) groups excluding carboxylic acids is 1. The van der Waals surface area contributed by atoms with E-state index in [2.05, 4.69) is 9.97 Å². The molecule has 1 N–H and O–H groups in total. The zero-order chi connectivity index (χ0) is 20.9. The van der Waals surface area contributed by atoms with E-state index in [9.17, 15) is 14.0 Å². The number of aromatic nitrogens is 2. The number of carbonyl (C=O) groups is 1. The number of fused-ring (bicyclic) bond motifs is 1. The van der Waals surface area contributed by atoms with Gasteiger partial charge in [-0.05, 0) is 40.8 Å². The van der Waals surface area contributed by atoms with Crippen molar-refractivity contribution in [3.63, 3.8) is 0 Å². The van der Waals surface area contributed by atoms with E-state index in [0.29, 0.717) is 28.1 Å². The van der Waals surface area contributed by atoms with Gasteiger partial charge < -0.3 is 9.88 Å². The van der Waals surface area contributed by atoms with Crippen molar-refractivity contribution in [1.29, 1.82) is 0 Å². The highest BCUT2D eigenvalue weighted by Crippen LogP contribution is 2.15. The minimum Gasteiger partial charge on any atom is -0.327 e. The second kappa shape index (κ2) is 8.84. The van der Waals surface area contributed by atoms with Crippen molar-refractivity contribution in [3.8, 4) is 0 Å². The topological polar surface area (TPSA) is 66.1 Å². The van der Waals surface area contributed by atoms with Gasteiger partial charge in [0.25, 0.3) is 5.56 Å². The lowest BCUT2D eigenvalue weighted by Gasteiger charge is -2.21. The van der Waals surface area contributed by atoms with Gasteiger partial charge in [-0.15, -0.1) is 11.3 Å². The molecule has 0 atom stereocenters. The molecule has 0 spiro atoms. The van der Waals surface area contributed by atoms with Crippen LogP contribution in [0.25, 0.3) is 16.3 Å². The van der Waals surface area contributed by atoms with Crippen LogP contribution in [0.3, 0.4) is 0 Å². The lowest BCUT2D eigenvalue weighted by molar-refractivity contribution is -0.127. The van der Waals surface area contributed by atoms with Crippen LogP contribution in [0.15, 0.2) is 76.9 Å². The molecule has 4 rings (SSSR count). The van der Waals surface area contributed by atoms with E-state index in [1.54, 1.807) is 29.2 Å². The number of rotatable bonds is 6. The summed E-state index contributed by atoms with van der Waals surface area (Å²) in [5.74, 6) is -0.220. The van der Waals surface area contributed by atoms with Crippen LogP contribution in [0.5, 0.6) is 0 Å². The van der Waals surface area contributed by atoms with E-state index in [-0.39, 0.29) is 23.8 Å². The van der Waals surface area contributed by atoms with Crippen LogP contribution >= 0.6 is 11.3 Å². The molecule has 0 saturated carbocycles. The number of hydrogen-bond acceptors (Lipinski definition) is 4. The average Bonchev–Trinajstić information content (AvgIpc) is 3.22. The third-order valence-corrected chi connectivity index (χ3v) is 5.40. The molecule has 0 aliphatic rings. The van der Waals surface area contributed by atoms with Crippen LogP contribution in [0.2, 0.25) is 0 Å². The van der Waals surface area contributed by atoms with Gasteiger partial charge >= 0.3 is 0 Å². The van der Waals surface area contributed by atoms with Crippen molar-refractivity contribution in [2.75, 3.05) is 0 Å². The summed E-state index contributed by atoms with van der Waals surface area (Å²) in [4.78, 5) is 34.0. The molecule has 0 radical (unpaired) electrons. The Hall–Kier alpha value is -3.58. The van der Waals surface area contributed by atoms with E-state index >= 15 is 0 Å². The highest BCUT2D eigenvalue weighted by Gasteiger charge is 2.15. The molecule has 2 aromatic carbocycles. The van der Waals surface area contributed by atoms with Gasteiger partial charge in [-0.2, -0.15) is 0 Å². The minimum absolute atomic E-state index is 0.141. The summed E-state index contributed by atoms with van der Waals surface area (Å²) in [5, 5.41) is 1.81. The Morgan fingerprint density at radius 1 is 1.10 bits per heavy atom. The number of amides is 1. The van der Waals surface area contributed by atoms with Crippen LogP contribution in [0, 0.1) is 5.82 Å². The first kappa shape index (κ1) is 19.7. The van der Waals surface area contributed by atoms with Gasteiger partial charge in [0.15, 0.2) is 0 Å². The first-order valence-electron chi connectivity index (χ1n) is 9.31. The molecule has 0 aliphatic heterocycles. The molecule has 7 heteroatoms. The predicted octanol–water partition coefficient (Wildman–Crippen LogP) is 4.37. The van der Waals surface area contributed by atoms with Gasteiger partial charge in [-0.25, -0.2) is 9.37 Å². The Morgan fingerprint density at radius 2 is 1.93 bits per heavy atom. The van der Waals surface area contributed by atoms with Crippen LogP contribution in [0.4, 0.5) is 4.39 Å². The Balaban J connectivity index is 1.61. The summed E-state index contributed by atoms with van der Waals surface area (Å²) in [5.41, 5.74) is 1.94. The molecule has 0 bridgehead atoms. The number of thiophene rings is 1. The first-order valence-corrected chi connectivity index (χ1v) is 10.2. The minimum atomic E-state index is -0.364. The van der Waals surface area contributed by atoms with Crippen LogP contribution in [-0.2, 0) is 17.9 Å². The number of hydrogen-bond donors (Lipinski definition) is 1. The maximum Gasteiger partial charge on any atom is 0.268 e. The van der Waals surface area contributed by atoms with E-state index in [0.717, 1.165) is 5.56 Å². The molecule has 150 valence electrons. The molecule has 4 aromatic rings. The molecule has 2 heterocycles. The lowest BCUT2D eigenvalue weighted by Crippen LogP contribution is -2.30. The monoisotopic (exact) mass is 419 g/mol. The van der Waals surface area contributed by atoms with Crippen LogP contribution in [0.1, 0.15) is 17.0 Å². The Morgan fingerprint density at radius 3 is 2.73 bits per heavy atom. The van der Waals surface area contributed by atoms with Gasteiger partial charge in [-0.1, -0.05) is 42.5 Å². The summed E-state index contributed by atoms with van der Waals surface area (Å²) < 4.78 is 14.0. The van der Waals surface area contributed by atoms with E-state index in [1.807, 2.05) is 35.7 Å². The van der Waals surface area contributed by atoms with Crippen LogP contribution in [-0.4, -0.2) is 20.8 Å². The fraction of sp³-hybridized carbons (Fsp3) is 0.0870. The second-order valence-corrected chi connectivity index (χ2v) is 7.63. The molecule has 0 aliphatic carbocycles. The molecule has 30 heavy (non-hydrogen) atoms. The predicted molar refractivity (Wildman–Crippen MR) is 116 cm³/mol. The van der Waals surface area contributed by atoms with Gasteiger partial charge in [0, 0.05) is 12.6 Å². The van der Waals surface area contributed by atoms with Crippen molar-refractivity contribution >= 4 is 33.5 Å². The summed E-state index contributed by atoms with van der Waals surface area (Å²) in [6.07, 6.45) is 2.97.